The van der Waals surface area contributed by atoms with Crippen molar-refractivity contribution in [1.82, 2.24) is 0 Å². The first-order valence-corrected chi connectivity index (χ1v) is 5.02. The van der Waals surface area contributed by atoms with Gasteiger partial charge in [-0.3, -0.25) is 0 Å². The van der Waals surface area contributed by atoms with Crippen molar-refractivity contribution in [2.45, 2.75) is 19.0 Å². The predicted molar refractivity (Wildman–Crippen MR) is 72.1 cm³/mol. The largest absolute Gasteiger partial charge is 0.0651 e. The zero-order chi connectivity index (χ0) is 11.1. The van der Waals surface area contributed by atoms with Gasteiger partial charge < -0.3 is 0 Å². The molecule has 1 aromatic rings. The van der Waals surface area contributed by atoms with E-state index >= 15 is 0 Å². The molecule has 6 heteroatoms. The second kappa shape index (κ2) is 6.98. The number of hydrogen-bond acceptors (Lipinski definition) is 0. The molecule has 0 spiro atoms. The van der Waals surface area contributed by atoms with Gasteiger partial charge in [-0.1, -0.05) is 53.8 Å². The second-order valence-electron chi connectivity index (χ2n) is 3.48. The van der Waals surface area contributed by atoms with Gasteiger partial charge in [-0.2, -0.15) is 0 Å². The minimum Gasteiger partial charge on any atom is -0.0651 e. The van der Waals surface area contributed by atoms with Crippen LogP contribution in [0.15, 0.2) is 18.2 Å². The third kappa shape index (κ3) is 4.32. The van der Waals surface area contributed by atoms with Crippen LogP contribution < -0.4 is 0 Å². The fourth-order valence-electron chi connectivity index (χ4n) is 1.60. The van der Waals surface area contributed by atoms with Crippen molar-refractivity contribution < 1.29 is 0 Å². The highest BCUT2D eigenvalue weighted by Gasteiger charge is 2.00. The lowest BCUT2D eigenvalue weighted by Crippen LogP contribution is -2.04. The van der Waals surface area contributed by atoms with E-state index in [0.717, 1.165) is 19.0 Å². The Balaban J connectivity index is 2.86. The van der Waals surface area contributed by atoms with E-state index in [-0.39, 0.29) is 0 Å². The minimum absolute atomic E-state index is 0.774. The molecule has 0 aliphatic rings. The molecule has 0 aliphatic heterocycles. The van der Waals surface area contributed by atoms with E-state index in [2.05, 4.69) is 18.2 Å². The van der Waals surface area contributed by atoms with E-state index in [1.165, 1.54) is 16.7 Å². The molecule has 0 fully saturated rings. The van der Waals surface area contributed by atoms with Gasteiger partial charge in [-0.15, -0.1) is 0 Å². The highest BCUT2D eigenvalue weighted by Crippen LogP contribution is 2.11. The van der Waals surface area contributed by atoms with Gasteiger partial charge in [-0.25, -0.2) is 0 Å². The fraction of sp³-hybridized carbons (Fsp3) is 0.333. The van der Waals surface area contributed by atoms with Crippen molar-refractivity contribution >= 4 is 44.7 Å². The van der Waals surface area contributed by atoms with Crippen molar-refractivity contribution in [2.24, 2.45) is 0 Å². The average Bonchev–Trinajstić information content (AvgIpc) is 2.19. The van der Waals surface area contributed by atoms with Gasteiger partial charge in [0.05, 0.1) is 21.5 Å². The summed E-state index contributed by atoms with van der Waals surface area (Å²) in [7, 11) is 21.2. The summed E-state index contributed by atoms with van der Waals surface area (Å²) in [5, 5.41) is 0. The summed E-state index contributed by atoms with van der Waals surface area (Å²) in [5.74, 6) is 0. The zero-order valence-electron chi connectivity index (χ0n) is 8.82. The van der Waals surface area contributed by atoms with Crippen LogP contribution in [0.1, 0.15) is 16.7 Å². The zero-order valence-corrected chi connectivity index (χ0v) is 8.82. The fourth-order valence-corrected chi connectivity index (χ4v) is 1.60. The Kier molecular flexibility index (Phi) is 5.90. The third-order valence-corrected chi connectivity index (χ3v) is 2.17. The molecule has 0 heterocycles. The summed E-state index contributed by atoms with van der Waals surface area (Å²) < 4.78 is 0. The summed E-state index contributed by atoms with van der Waals surface area (Å²) in [6, 6.07) is 6.35. The molecule has 0 nitrogen and oxygen atoms in total. The van der Waals surface area contributed by atoms with Crippen LogP contribution in [-0.4, -0.2) is 44.7 Å². The molecule has 63 valence electrons. The normalized spacial score (nSPS) is 9.60. The Bertz CT molecular complexity index is 241. The average molecular weight is 182 g/mol. The molecule has 1 aromatic carbocycles. The molecular formula is C9H9B6. The maximum Gasteiger partial charge on any atom is 0.0603 e. The highest BCUT2D eigenvalue weighted by atomic mass is 14.0. The van der Waals surface area contributed by atoms with Gasteiger partial charge in [0.1, 0.15) is 0 Å². The smallest absolute Gasteiger partial charge is 0.0603 e. The highest BCUT2D eigenvalue weighted by molar-refractivity contribution is 6.89. The van der Waals surface area contributed by atoms with Gasteiger partial charge in [0.2, 0.25) is 0 Å². The van der Waals surface area contributed by atoms with Crippen molar-refractivity contribution in [1.29, 1.82) is 0 Å². The molecule has 0 aromatic heterocycles. The summed E-state index contributed by atoms with van der Waals surface area (Å²) in [4.78, 5) is 0. The standard InChI is InChI=1S/C9H9B6/c10-13-4-7-1-8(5-14-11)3-9(2-7)6-15-12/h1-3H,4-6H2. The van der Waals surface area contributed by atoms with E-state index in [0.29, 0.717) is 0 Å². The first kappa shape index (κ1) is 12.7. The Morgan fingerprint density at radius 3 is 1.13 bits per heavy atom. The molecule has 0 N–H and O–H groups in total. The van der Waals surface area contributed by atoms with E-state index in [1.807, 2.05) is 0 Å². The van der Waals surface area contributed by atoms with Crippen molar-refractivity contribution in [3.63, 3.8) is 0 Å². The molecule has 0 aliphatic carbocycles. The molecule has 0 saturated heterocycles. The van der Waals surface area contributed by atoms with Gasteiger partial charge >= 0.3 is 0 Å². The third-order valence-electron chi connectivity index (χ3n) is 2.17. The number of rotatable bonds is 6. The van der Waals surface area contributed by atoms with Crippen LogP contribution in [-0.2, 0) is 19.0 Å². The SMILES string of the molecule is [B][B]Cc1cc(C[B][B])cc(C[B][B])c1. The van der Waals surface area contributed by atoms with Gasteiger partial charge in [0, 0.05) is 23.2 Å². The topological polar surface area (TPSA) is 0 Å². The Labute approximate surface area is 98.9 Å². The van der Waals surface area contributed by atoms with E-state index in [9.17, 15) is 0 Å². The summed E-state index contributed by atoms with van der Waals surface area (Å²) >= 11 is 0. The maximum absolute atomic E-state index is 5.42. The van der Waals surface area contributed by atoms with E-state index < -0.39 is 0 Å². The van der Waals surface area contributed by atoms with Crippen LogP contribution in [0.2, 0.25) is 0 Å². The molecular weight excluding hydrogens is 173 g/mol. The van der Waals surface area contributed by atoms with Crippen LogP contribution >= 0.6 is 0 Å². The Morgan fingerprint density at radius 1 is 0.667 bits per heavy atom. The van der Waals surface area contributed by atoms with E-state index in [1.54, 1.807) is 21.5 Å². The lowest BCUT2D eigenvalue weighted by Gasteiger charge is -2.08. The molecule has 0 bridgehead atoms. The van der Waals surface area contributed by atoms with Gasteiger partial charge in [0.25, 0.3) is 0 Å². The molecule has 0 unspecified atom stereocenters. The molecule has 1 rings (SSSR count). The summed E-state index contributed by atoms with van der Waals surface area (Å²) in [6.07, 6.45) is 2.32. The monoisotopic (exact) mass is 183 g/mol. The number of benzene rings is 1. The first-order chi connectivity index (χ1) is 7.30. The number of hydrogen-bond donors (Lipinski definition) is 0. The Hall–Kier alpha value is -0.390. The Morgan fingerprint density at radius 2 is 0.933 bits per heavy atom. The predicted octanol–water partition coefficient (Wildman–Crippen LogP) is -0.450. The quantitative estimate of drug-likeness (QED) is 0.522. The van der Waals surface area contributed by atoms with Crippen LogP contribution in [0.3, 0.4) is 0 Å². The molecule has 0 atom stereocenters. The van der Waals surface area contributed by atoms with Crippen LogP contribution in [0, 0.1) is 0 Å². The van der Waals surface area contributed by atoms with Gasteiger partial charge in [0.15, 0.2) is 0 Å². The van der Waals surface area contributed by atoms with Crippen LogP contribution in [0.25, 0.3) is 0 Å². The first-order valence-electron chi connectivity index (χ1n) is 5.02. The molecule has 9 radical (unpaired) electrons. The van der Waals surface area contributed by atoms with E-state index in [4.69, 9.17) is 23.2 Å². The van der Waals surface area contributed by atoms with Crippen molar-refractivity contribution in [3.8, 4) is 0 Å². The van der Waals surface area contributed by atoms with Crippen molar-refractivity contribution in [2.75, 3.05) is 0 Å². The minimum atomic E-state index is 0.774. The summed E-state index contributed by atoms with van der Waals surface area (Å²) in [5.41, 5.74) is 3.61. The van der Waals surface area contributed by atoms with Crippen LogP contribution in [0.4, 0.5) is 0 Å². The second-order valence-corrected chi connectivity index (χ2v) is 3.48. The van der Waals surface area contributed by atoms with Gasteiger partial charge in [-0.05, 0) is 0 Å². The van der Waals surface area contributed by atoms with Crippen molar-refractivity contribution in [3.05, 3.63) is 34.9 Å². The molecule has 0 amide bonds. The molecule has 0 saturated carbocycles. The summed E-state index contributed by atoms with van der Waals surface area (Å²) in [6.45, 7) is 0. The molecule has 15 heavy (non-hydrogen) atoms. The lowest BCUT2D eigenvalue weighted by molar-refractivity contribution is 1.25. The maximum atomic E-state index is 5.42. The van der Waals surface area contributed by atoms with Crippen LogP contribution in [0.5, 0.6) is 0 Å². The lowest BCUT2D eigenvalue weighted by atomic mass is 9.50.